The van der Waals surface area contributed by atoms with Crippen LogP contribution in [0.25, 0.3) is 0 Å². The van der Waals surface area contributed by atoms with E-state index in [1.54, 1.807) is 17.0 Å². The van der Waals surface area contributed by atoms with E-state index in [1.165, 1.54) is 0 Å². The minimum absolute atomic E-state index is 0.111. The third-order valence-corrected chi connectivity index (χ3v) is 4.81. The Hall–Kier alpha value is -2.57. The quantitative estimate of drug-likeness (QED) is 0.846. The number of nitrogens with zero attached hydrogens (tertiary/aromatic N) is 2. The van der Waals surface area contributed by atoms with Gasteiger partial charge in [0, 0.05) is 31.9 Å². The molecule has 2 aromatic rings. The number of hydrogen-bond donors (Lipinski definition) is 2. The first-order valence-electron chi connectivity index (χ1n) is 8.90. The van der Waals surface area contributed by atoms with Gasteiger partial charge in [-0.3, -0.25) is 9.69 Å². The molecular formula is C20H23ClN4O2. The summed E-state index contributed by atoms with van der Waals surface area (Å²) in [6, 6.07) is 14.8. The van der Waals surface area contributed by atoms with Crippen molar-refractivity contribution < 1.29 is 9.59 Å². The maximum atomic E-state index is 12.4. The number of piperazine rings is 1. The van der Waals surface area contributed by atoms with Gasteiger partial charge in [-0.15, -0.1) is 0 Å². The molecule has 6 nitrogen and oxygen atoms in total. The second-order valence-electron chi connectivity index (χ2n) is 6.59. The van der Waals surface area contributed by atoms with Crippen LogP contribution in [-0.4, -0.2) is 54.5 Å². The van der Waals surface area contributed by atoms with E-state index in [0.717, 1.165) is 11.3 Å². The Labute approximate surface area is 164 Å². The maximum absolute atomic E-state index is 12.4. The lowest BCUT2D eigenvalue weighted by Crippen LogP contribution is -2.51. The minimum Gasteiger partial charge on any atom is -0.324 e. The van der Waals surface area contributed by atoms with Gasteiger partial charge in [0.25, 0.3) is 0 Å². The van der Waals surface area contributed by atoms with Crippen molar-refractivity contribution in [3.8, 4) is 0 Å². The summed E-state index contributed by atoms with van der Waals surface area (Å²) < 4.78 is 0. The zero-order chi connectivity index (χ0) is 19.2. The van der Waals surface area contributed by atoms with Crippen LogP contribution in [0, 0.1) is 6.92 Å². The average molecular weight is 387 g/mol. The molecule has 3 amide bonds. The topological polar surface area (TPSA) is 64.7 Å². The van der Waals surface area contributed by atoms with Crippen LogP contribution < -0.4 is 10.6 Å². The molecule has 0 aromatic heterocycles. The van der Waals surface area contributed by atoms with Crippen molar-refractivity contribution in [3.63, 3.8) is 0 Å². The smallest absolute Gasteiger partial charge is 0.321 e. The molecule has 142 valence electrons. The fourth-order valence-electron chi connectivity index (χ4n) is 2.90. The maximum Gasteiger partial charge on any atom is 0.321 e. The number of benzene rings is 2. The normalized spacial score (nSPS) is 14.7. The van der Waals surface area contributed by atoms with Crippen LogP contribution in [0.5, 0.6) is 0 Å². The highest BCUT2D eigenvalue weighted by molar-refractivity contribution is 6.33. The summed E-state index contributed by atoms with van der Waals surface area (Å²) in [6.07, 6.45) is 0. The lowest BCUT2D eigenvalue weighted by molar-refractivity contribution is -0.117. The second kappa shape index (κ2) is 8.88. The van der Waals surface area contributed by atoms with Gasteiger partial charge in [0.1, 0.15) is 0 Å². The Morgan fingerprint density at radius 1 is 0.963 bits per heavy atom. The van der Waals surface area contributed by atoms with Gasteiger partial charge in [-0.1, -0.05) is 41.4 Å². The molecule has 7 heteroatoms. The van der Waals surface area contributed by atoms with Crippen LogP contribution in [0.4, 0.5) is 16.2 Å². The van der Waals surface area contributed by atoms with Gasteiger partial charge < -0.3 is 15.5 Å². The highest BCUT2D eigenvalue weighted by atomic mass is 35.5. The predicted octanol–water partition coefficient (Wildman–Crippen LogP) is 3.44. The van der Waals surface area contributed by atoms with Crippen LogP contribution in [0.15, 0.2) is 48.5 Å². The molecule has 1 saturated heterocycles. The number of aryl methyl sites for hydroxylation is 1. The van der Waals surface area contributed by atoms with Crippen molar-refractivity contribution in [2.75, 3.05) is 43.4 Å². The standard InChI is InChI=1S/C20H23ClN4O2/c1-15-6-8-16(9-7-15)22-20(27)25-12-10-24(11-13-25)14-19(26)23-18-5-3-2-4-17(18)21/h2-9H,10-14H2,1H3,(H,22,27)(H,23,26). The molecule has 2 aromatic carbocycles. The number of anilines is 2. The zero-order valence-electron chi connectivity index (χ0n) is 15.2. The summed E-state index contributed by atoms with van der Waals surface area (Å²) in [5, 5.41) is 6.25. The van der Waals surface area contributed by atoms with Gasteiger partial charge in [-0.25, -0.2) is 4.79 Å². The van der Waals surface area contributed by atoms with E-state index in [0.29, 0.717) is 36.9 Å². The number of carbonyl (C=O) groups excluding carboxylic acids is 2. The average Bonchev–Trinajstić information content (AvgIpc) is 2.66. The molecular weight excluding hydrogens is 364 g/mol. The molecule has 0 aliphatic carbocycles. The van der Waals surface area contributed by atoms with E-state index in [-0.39, 0.29) is 18.5 Å². The summed E-state index contributed by atoms with van der Waals surface area (Å²) in [6.45, 7) is 4.74. The number of rotatable bonds is 4. The minimum atomic E-state index is -0.112. The van der Waals surface area contributed by atoms with Gasteiger partial charge in [-0.2, -0.15) is 0 Å². The number of urea groups is 1. The lowest BCUT2D eigenvalue weighted by Gasteiger charge is -2.34. The number of amides is 3. The van der Waals surface area contributed by atoms with Crippen LogP contribution in [0.1, 0.15) is 5.56 Å². The monoisotopic (exact) mass is 386 g/mol. The van der Waals surface area contributed by atoms with Gasteiger partial charge >= 0.3 is 6.03 Å². The molecule has 27 heavy (non-hydrogen) atoms. The molecule has 0 unspecified atom stereocenters. The first-order valence-corrected chi connectivity index (χ1v) is 9.28. The van der Waals surface area contributed by atoms with Crippen molar-refractivity contribution in [1.29, 1.82) is 0 Å². The summed E-state index contributed by atoms with van der Waals surface area (Å²) in [5.74, 6) is -0.111. The molecule has 0 spiro atoms. The van der Waals surface area contributed by atoms with Crippen LogP contribution in [0.3, 0.4) is 0 Å². The van der Waals surface area contributed by atoms with Gasteiger partial charge in [0.2, 0.25) is 5.91 Å². The third-order valence-electron chi connectivity index (χ3n) is 4.48. The fraction of sp³-hybridized carbons (Fsp3) is 0.300. The molecule has 2 N–H and O–H groups in total. The molecule has 0 atom stereocenters. The molecule has 1 fully saturated rings. The van der Waals surface area contributed by atoms with Crippen LogP contribution in [0.2, 0.25) is 5.02 Å². The largest absolute Gasteiger partial charge is 0.324 e. The predicted molar refractivity (Wildman–Crippen MR) is 108 cm³/mol. The Morgan fingerprint density at radius 2 is 1.63 bits per heavy atom. The fourth-order valence-corrected chi connectivity index (χ4v) is 3.09. The number of hydrogen-bond acceptors (Lipinski definition) is 3. The van der Waals surface area contributed by atoms with Crippen molar-refractivity contribution >= 4 is 34.9 Å². The Balaban J connectivity index is 1.44. The summed E-state index contributed by atoms with van der Waals surface area (Å²) in [5.41, 5.74) is 2.55. The van der Waals surface area contributed by atoms with Crippen LogP contribution in [-0.2, 0) is 4.79 Å². The summed E-state index contributed by atoms with van der Waals surface area (Å²) >= 11 is 6.06. The first kappa shape index (κ1) is 19.2. The lowest BCUT2D eigenvalue weighted by atomic mass is 10.2. The van der Waals surface area contributed by atoms with Gasteiger partial charge in [0.15, 0.2) is 0 Å². The molecule has 0 bridgehead atoms. The molecule has 1 heterocycles. The van der Waals surface area contributed by atoms with E-state index in [1.807, 2.05) is 48.2 Å². The number of carbonyl (C=O) groups is 2. The summed E-state index contributed by atoms with van der Waals surface area (Å²) in [7, 11) is 0. The Morgan fingerprint density at radius 3 is 2.30 bits per heavy atom. The molecule has 0 saturated carbocycles. The second-order valence-corrected chi connectivity index (χ2v) is 6.99. The molecule has 1 aliphatic heterocycles. The van der Waals surface area contributed by atoms with Gasteiger partial charge in [-0.05, 0) is 31.2 Å². The first-order chi connectivity index (χ1) is 13.0. The molecule has 1 aliphatic rings. The van der Waals surface area contributed by atoms with Crippen molar-refractivity contribution in [1.82, 2.24) is 9.80 Å². The number of halogens is 1. The summed E-state index contributed by atoms with van der Waals surface area (Å²) in [4.78, 5) is 28.4. The zero-order valence-corrected chi connectivity index (χ0v) is 16.0. The van der Waals surface area contributed by atoms with Crippen molar-refractivity contribution in [2.24, 2.45) is 0 Å². The van der Waals surface area contributed by atoms with E-state index in [9.17, 15) is 9.59 Å². The number of para-hydroxylation sites is 1. The highest BCUT2D eigenvalue weighted by Gasteiger charge is 2.22. The van der Waals surface area contributed by atoms with E-state index >= 15 is 0 Å². The molecule has 3 rings (SSSR count). The van der Waals surface area contributed by atoms with Crippen molar-refractivity contribution in [2.45, 2.75) is 6.92 Å². The van der Waals surface area contributed by atoms with Crippen LogP contribution >= 0.6 is 11.6 Å². The highest BCUT2D eigenvalue weighted by Crippen LogP contribution is 2.20. The SMILES string of the molecule is Cc1ccc(NC(=O)N2CCN(CC(=O)Nc3ccccc3Cl)CC2)cc1. The van der Waals surface area contributed by atoms with Crippen molar-refractivity contribution in [3.05, 3.63) is 59.1 Å². The Bertz CT molecular complexity index is 802. The van der Waals surface area contributed by atoms with E-state index in [4.69, 9.17) is 11.6 Å². The van der Waals surface area contributed by atoms with E-state index in [2.05, 4.69) is 10.6 Å². The van der Waals surface area contributed by atoms with Gasteiger partial charge in [0.05, 0.1) is 17.3 Å². The number of nitrogens with one attached hydrogen (secondary N) is 2. The third kappa shape index (κ3) is 5.45. The Kier molecular flexibility index (Phi) is 6.32. The molecule has 0 radical (unpaired) electrons. The van der Waals surface area contributed by atoms with E-state index < -0.39 is 0 Å².